The Balaban J connectivity index is 2.50. The second-order valence-corrected chi connectivity index (χ2v) is 7.58. The van der Waals surface area contributed by atoms with Gasteiger partial charge in [-0.1, -0.05) is 0 Å². The third-order valence-electron chi connectivity index (χ3n) is 3.11. The van der Waals surface area contributed by atoms with Crippen LogP contribution < -0.4 is 5.73 Å². The zero-order chi connectivity index (χ0) is 14.9. The van der Waals surface area contributed by atoms with Gasteiger partial charge in [0, 0.05) is 30.7 Å². The number of rotatable bonds is 3. The van der Waals surface area contributed by atoms with E-state index in [0.29, 0.717) is 18.7 Å². The first-order valence-corrected chi connectivity index (χ1v) is 8.56. The summed E-state index contributed by atoms with van der Waals surface area (Å²) < 4.78 is 26.5. The molecule has 1 aromatic rings. The Morgan fingerprint density at radius 2 is 1.95 bits per heavy atom. The molecule has 0 amide bonds. The van der Waals surface area contributed by atoms with Crippen LogP contribution in [0.4, 0.5) is 11.4 Å². The number of aryl methyl sites for hydroxylation is 1. The summed E-state index contributed by atoms with van der Waals surface area (Å²) in [6.07, 6.45) is 0. The van der Waals surface area contributed by atoms with Gasteiger partial charge < -0.3 is 5.73 Å². The third kappa shape index (κ3) is 2.74. The Morgan fingerprint density at radius 1 is 1.35 bits per heavy atom. The molecule has 1 aliphatic rings. The molecule has 20 heavy (non-hydrogen) atoms. The van der Waals surface area contributed by atoms with E-state index in [1.54, 1.807) is 18.7 Å². The van der Waals surface area contributed by atoms with Gasteiger partial charge in [-0.15, -0.1) is 0 Å². The summed E-state index contributed by atoms with van der Waals surface area (Å²) in [5.41, 5.74) is 5.58. The van der Waals surface area contributed by atoms with Crippen molar-refractivity contribution in [2.45, 2.75) is 11.8 Å². The van der Waals surface area contributed by atoms with Crippen LogP contribution in [0.3, 0.4) is 0 Å². The second-order valence-electron chi connectivity index (χ2n) is 4.45. The van der Waals surface area contributed by atoms with Gasteiger partial charge in [-0.3, -0.25) is 10.1 Å². The summed E-state index contributed by atoms with van der Waals surface area (Å²) >= 11 is 1.69. The van der Waals surface area contributed by atoms with Crippen LogP contribution in [0.5, 0.6) is 0 Å². The number of nitro groups is 1. The average molecular weight is 317 g/mol. The van der Waals surface area contributed by atoms with Gasteiger partial charge in [-0.2, -0.15) is 16.1 Å². The number of thioether (sulfide) groups is 1. The Kier molecular flexibility index (Phi) is 4.21. The Hall–Kier alpha value is -1.32. The van der Waals surface area contributed by atoms with Crippen LogP contribution in [0.25, 0.3) is 0 Å². The molecule has 0 bridgehead atoms. The molecular formula is C11H15N3O4S2. The molecule has 110 valence electrons. The maximum atomic E-state index is 12.5. The van der Waals surface area contributed by atoms with Crippen molar-refractivity contribution in [3.63, 3.8) is 0 Å². The molecule has 0 aromatic heterocycles. The number of hydrogen-bond donors (Lipinski definition) is 1. The topological polar surface area (TPSA) is 107 Å². The van der Waals surface area contributed by atoms with Crippen molar-refractivity contribution in [2.75, 3.05) is 30.3 Å². The predicted octanol–water partition coefficient (Wildman–Crippen LogP) is 1.22. The van der Waals surface area contributed by atoms with Crippen molar-refractivity contribution in [3.05, 3.63) is 27.8 Å². The van der Waals surface area contributed by atoms with Crippen LogP contribution in [0, 0.1) is 17.0 Å². The Bertz CT molecular complexity index is 639. The van der Waals surface area contributed by atoms with E-state index in [4.69, 9.17) is 5.73 Å². The predicted molar refractivity (Wildman–Crippen MR) is 78.3 cm³/mol. The van der Waals surface area contributed by atoms with Gasteiger partial charge in [0.05, 0.1) is 9.82 Å². The lowest BCUT2D eigenvalue weighted by atomic mass is 10.2. The fraction of sp³-hybridized carbons (Fsp3) is 0.455. The summed E-state index contributed by atoms with van der Waals surface area (Å²) in [6.45, 7) is 2.43. The summed E-state index contributed by atoms with van der Waals surface area (Å²) in [4.78, 5) is 10.2. The van der Waals surface area contributed by atoms with E-state index in [0.717, 1.165) is 17.6 Å². The van der Waals surface area contributed by atoms with E-state index < -0.39 is 14.9 Å². The number of hydrogen-bond acceptors (Lipinski definition) is 6. The van der Waals surface area contributed by atoms with E-state index in [9.17, 15) is 18.5 Å². The number of nitro benzene ring substituents is 1. The molecule has 0 radical (unpaired) electrons. The number of benzene rings is 1. The molecule has 9 heteroatoms. The van der Waals surface area contributed by atoms with Crippen LogP contribution in [0.2, 0.25) is 0 Å². The molecule has 0 saturated carbocycles. The SMILES string of the molecule is Cc1cc(N)c([N+](=O)[O-])cc1S(=O)(=O)N1CCSCC1. The first-order valence-electron chi connectivity index (χ1n) is 5.96. The molecule has 7 nitrogen and oxygen atoms in total. The van der Waals surface area contributed by atoms with E-state index in [1.807, 2.05) is 0 Å². The van der Waals surface area contributed by atoms with Crippen LogP contribution >= 0.6 is 11.8 Å². The molecule has 0 spiro atoms. The fourth-order valence-corrected chi connectivity index (χ4v) is 4.86. The van der Waals surface area contributed by atoms with E-state index in [-0.39, 0.29) is 16.3 Å². The molecule has 1 fully saturated rings. The van der Waals surface area contributed by atoms with Gasteiger partial charge in [0.15, 0.2) is 0 Å². The summed E-state index contributed by atoms with van der Waals surface area (Å²) in [5, 5.41) is 10.9. The van der Waals surface area contributed by atoms with Gasteiger partial charge in [-0.05, 0) is 18.6 Å². The van der Waals surface area contributed by atoms with Crippen molar-refractivity contribution in [1.29, 1.82) is 0 Å². The van der Waals surface area contributed by atoms with Crippen LogP contribution in [0.15, 0.2) is 17.0 Å². The van der Waals surface area contributed by atoms with Gasteiger partial charge in [-0.25, -0.2) is 8.42 Å². The van der Waals surface area contributed by atoms with Crippen molar-refractivity contribution >= 4 is 33.2 Å². The van der Waals surface area contributed by atoms with Crippen molar-refractivity contribution < 1.29 is 13.3 Å². The smallest absolute Gasteiger partial charge is 0.293 e. The van der Waals surface area contributed by atoms with Gasteiger partial charge in [0.1, 0.15) is 5.69 Å². The van der Waals surface area contributed by atoms with Crippen molar-refractivity contribution in [3.8, 4) is 0 Å². The van der Waals surface area contributed by atoms with E-state index in [2.05, 4.69) is 0 Å². The zero-order valence-corrected chi connectivity index (χ0v) is 12.5. The maximum Gasteiger partial charge on any atom is 0.293 e. The molecular weight excluding hydrogens is 302 g/mol. The minimum absolute atomic E-state index is 0.0272. The first kappa shape index (κ1) is 15.1. The fourth-order valence-electron chi connectivity index (χ4n) is 2.06. The number of nitrogens with two attached hydrogens (primary N) is 1. The highest BCUT2D eigenvalue weighted by molar-refractivity contribution is 7.99. The number of sulfonamides is 1. The summed E-state index contributed by atoms with van der Waals surface area (Å²) in [7, 11) is -3.71. The largest absolute Gasteiger partial charge is 0.393 e. The molecule has 0 atom stereocenters. The average Bonchev–Trinajstić information content (AvgIpc) is 2.39. The zero-order valence-electron chi connectivity index (χ0n) is 10.9. The highest BCUT2D eigenvalue weighted by Crippen LogP contribution is 2.30. The van der Waals surface area contributed by atoms with Crippen LogP contribution in [-0.2, 0) is 10.0 Å². The monoisotopic (exact) mass is 317 g/mol. The number of anilines is 1. The normalized spacial score (nSPS) is 17.1. The van der Waals surface area contributed by atoms with Gasteiger partial charge in [0.25, 0.3) is 5.69 Å². The van der Waals surface area contributed by atoms with Crippen LogP contribution in [0.1, 0.15) is 5.56 Å². The summed E-state index contributed by atoms with van der Waals surface area (Å²) in [6, 6.07) is 2.39. The molecule has 2 N–H and O–H groups in total. The highest BCUT2D eigenvalue weighted by atomic mass is 32.2. The highest BCUT2D eigenvalue weighted by Gasteiger charge is 2.30. The lowest BCUT2D eigenvalue weighted by molar-refractivity contribution is -0.384. The van der Waals surface area contributed by atoms with Crippen LogP contribution in [-0.4, -0.2) is 42.2 Å². The minimum atomic E-state index is -3.71. The van der Waals surface area contributed by atoms with Gasteiger partial charge in [0.2, 0.25) is 10.0 Å². The van der Waals surface area contributed by atoms with Crippen molar-refractivity contribution in [1.82, 2.24) is 4.31 Å². The van der Waals surface area contributed by atoms with Crippen molar-refractivity contribution in [2.24, 2.45) is 0 Å². The summed E-state index contributed by atoms with van der Waals surface area (Å²) in [5.74, 6) is 1.46. The molecule has 0 unspecified atom stereocenters. The number of nitrogen functional groups attached to an aromatic ring is 1. The van der Waals surface area contributed by atoms with E-state index >= 15 is 0 Å². The molecule has 1 aromatic carbocycles. The lowest BCUT2D eigenvalue weighted by Crippen LogP contribution is -2.38. The lowest BCUT2D eigenvalue weighted by Gasteiger charge is -2.26. The maximum absolute atomic E-state index is 12.5. The first-order chi connectivity index (χ1) is 9.34. The second kappa shape index (κ2) is 5.58. The van der Waals surface area contributed by atoms with E-state index in [1.165, 1.54) is 10.4 Å². The number of nitrogens with zero attached hydrogens (tertiary/aromatic N) is 2. The standard InChI is InChI=1S/C11H15N3O4S2/c1-8-6-9(12)10(14(15)16)7-11(8)20(17,18)13-2-4-19-5-3-13/h6-7H,2-5,12H2,1H3. The quantitative estimate of drug-likeness (QED) is 0.510. The molecule has 0 aliphatic carbocycles. The Morgan fingerprint density at radius 3 is 2.50 bits per heavy atom. The minimum Gasteiger partial charge on any atom is -0.393 e. The molecule has 1 heterocycles. The van der Waals surface area contributed by atoms with Gasteiger partial charge >= 0.3 is 0 Å². The third-order valence-corrected chi connectivity index (χ3v) is 6.09. The Labute approximate surface area is 121 Å². The molecule has 1 saturated heterocycles. The molecule has 2 rings (SSSR count). The molecule has 1 aliphatic heterocycles.